The van der Waals surface area contributed by atoms with Crippen LogP contribution in [0.25, 0.3) is 0 Å². The number of nitrogens with one attached hydrogen (secondary N) is 1. The molecule has 0 atom stereocenters. The summed E-state index contributed by atoms with van der Waals surface area (Å²) in [5.74, 6) is -0.915. The highest BCUT2D eigenvalue weighted by molar-refractivity contribution is 5.96. The molecule has 7 heteroatoms. The molecule has 2 rings (SSSR count). The molecule has 0 radical (unpaired) electrons. The Hall–Kier alpha value is -2.96. The zero-order valence-corrected chi connectivity index (χ0v) is 15.5. The van der Waals surface area contributed by atoms with Crippen LogP contribution in [0.1, 0.15) is 27.0 Å². The first-order valence-electron chi connectivity index (χ1n) is 8.39. The molecule has 144 valence electrons. The molecule has 0 aliphatic heterocycles. The van der Waals surface area contributed by atoms with Gasteiger partial charge in [0.15, 0.2) is 0 Å². The molecule has 2 aromatic rings. The van der Waals surface area contributed by atoms with Crippen LogP contribution < -0.4 is 10.1 Å². The summed E-state index contributed by atoms with van der Waals surface area (Å²) in [4.78, 5) is 25.9. The van der Waals surface area contributed by atoms with Crippen molar-refractivity contribution in [3.05, 3.63) is 64.7 Å². The number of carbonyl (C=O) groups is 2. The molecule has 27 heavy (non-hydrogen) atoms. The van der Waals surface area contributed by atoms with E-state index >= 15 is 0 Å². The number of alkyl halides is 2. The number of ether oxygens (including phenoxy) is 1. The quantitative estimate of drug-likeness (QED) is 0.807. The molecule has 0 heterocycles. The standard InChI is InChI=1S/C20H22F2N2O3/c1-13-7-8-16(14(2)9-13)12-24(3)18(25)11-23-19(26)15-5-4-6-17(10-15)27-20(21)22/h4-10,20H,11-12H2,1-3H3,(H,23,26). The Bertz CT molecular complexity index is 825. The third-order valence-corrected chi connectivity index (χ3v) is 4.05. The van der Waals surface area contributed by atoms with Crippen LogP contribution in [-0.4, -0.2) is 36.9 Å². The summed E-state index contributed by atoms with van der Waals surface area (Å²) in [6.45, 7) is 1.25. The molecule has 0 saturated carbocycles. The summed E-state index contributed by atoms with van der Waals surface area (Å²) in [6, 6.07) is 11.4. The van der Waals surface area contributed by atoms with Gasteiger partial charge in [-0.3, -0.25) is 9.59 Å². The number of hydrogen-bond donors (Lipinski definition) is 1. The third-order valence-electron chi connectivity index (χ3n) is 4.05. The zero-order valence-electron chi connectivity index (χ0n) is 15.5. The topological polar surface area (TPSA) is 58.6 Å². The second-order valence-electron chi connectivity index (χ2n) is 6.27. The van der Waals surface area contributed by atoms with Gasteiger partial charge in [0.05, 0.1) is 6.54 Å². The van der Waals surface area contributed by atoms with Gasteiger partial charge >= 0.3 is 6.61 Å². The smallest absolute Gasteiger partial charge is 0.387 e. The van der Waals surface area contributed by atoms with Crippen LogP contribution in [-0.2, 0) is 11.3 Å². The van der Waals surface area contributed by atoms with Gasteiger partial charge in [0.2, 0.25) is 5.91 Å². The van der Waals surface area contributed by atoms with Crippen molar-refractivity contribution in [1.82, 2.24) is 10.2 Å². The van der Waals surface area contributed by atoms with Crippen molar-refractivity contribution in [2.75, 3.05) is 13.6 Å². The van der Waals surface area contributed by atoms with Gasteiger partial charge in [-0.1, -0.05) is 29.8 Å². The van der Waals surface area contributed by atoms with E-state index in [1.807, 2.05) is 32.0 Å². The summed E-state index contributed by atoms with van der Waals surface area (Å²) >= 11 is 0. The van der Waals surface area contributed by atoms with E-state index in [1.165, 1.54) is 29.2 Å². The van der Waals surface area contributed by atoms with Gasteiger partial charge in [-0.2, -0.15) is 8.78 Å². The fraction of sp³-hybridized carbons (Fsp3) is 0.300. The average Bonchev–Trinajstić information content (AvgIpc) is 2.61. The van der Waals surface area contributed by atoms with Crippen molar-refractivity contribution in [3.63, 3.8) is 0 Å². The molecule has 1 N–H and O–H groups in total. The van der Waals surface area contributed by atoms with Crippen LogP contribution in [0.2, 0.25) is 0 Å². The Labute approximate surface area is 156 Å². The summed E-state index contributed by atoms with van der Waals surface area (Å²) in [5.41, 5.74) is 3.41. The van der Waals surface area contributed by atoms with Gasteiger partial charge in [-0.25, -0.2) is 0 Å². The molecule has 2 aromatic carbocycles. The number of nitrogens with zero attached hydrogens (tertiary/aromatic N) is 1. The van der Waals surface area contributed by atoms with Gasteiger partial charge < -0.3 is 15.0 Å². The molecular weight excluding hydrogens is 354 g/mol. The number of aryl methyl sites for hydroxylation is 2. The van der Waals surface area contributed by atoms with Crippen molar-refractivity contribution >= 4 is 11.8 Å². The van der Waals surface area contributed by atoms with Crippen molar-refractivity contribution in [2.45, 2.75) is 27.0 Å². The van der Waals surface area contributed by atoms with E-state index in [2.05, 4.69) is 10.1 Å². The fourth-order valence-electron chi connectivity index (χ4n) is 2.57. The van der Waals surface area contributed by atoms with E-state index in [-0.39, 0.29) is 23.8 Å². The maximum Gasteiger partial charge on any atom is 0.387 e. The number of halogens is 2. The minimum atomic E-state index is -2.97. The largest absolute Gasteiger partial charge is 0.435 e. The second kappa shape index (κ2) is 9.12. The van der Waals surface area contributed by atoms with Gasteiger partial charge in [0.25, 0.3) is 5.91 Å². The Morgan fingerprint density at radius 3 is 2.56 bits per heavy atom. The van der Waals surface area contributed by atoms with Crippen LogP contribution in [0.15, 0.2) is 42.5 Å². The average molecular weight is 376 g/mol. The normalized spacial score (nSPS) is 10.6. The van der Waals surface area contributed by atoms with Gasteiger partial charge in [-0.05, 0) is 43.2 Å². The van der Waals surface area contributed by atoms with E-state index in [1.54, 1.807) is 7.05 Å². The van der Waals surface area contributed by atoms with E-state index in [9.17, 15) is 18.4 Å². The van der Waals surface area contributed by atoms with Crippen molar-refractivity contribution < 1.29 is 23.1 Å². The van der Waals surface area contributed by atoms with Crippen LogP contribution in [0.3, 0.4) is 0 Å². The zero-order chi connectivity index (χ0) is 20.0. The summed E-state index contributed by atoms with van der Waals surface area (Å²) in [6.07, 6.45) is 0. The molecule has 0 aliphatic carbocycles. The van der Waals surface area contributed by atoms with E-state index in [0.29, 0.717) is 6.54 Å². The monoisotopic (exact) mass is 376 g/mol. The number of likely N-dealkylation sites (N-methyl/N-ethyl adjacent to an activating group) is 1. The number of amides is 2. The maximum absolute atomic E-state index is 12.3. The maximum atomic E-state index is 12.3. The Morgan fingerprint density at radius 1 is 1.15 bits per heavy atom. The lowest BCUT2D eigenvalue weighted by atomic mass is 10.1. The highest BCUT2D eigenvalue weighted by Gasteiger charge is 2.14. The highest BCUT2D eigenvalue weighted by Crippen LogP contribution is 2.16. The van der Waals surface area contributed by atoms with E-state index in [4.69, 9.17) is 0 Å². The predicted octanol–water partition coefficient (Wildman–Crippen LogP) is 3.29. The van der Waals surface area contributed by atoms with Crippen LogP contribution in [0.5, 0.6) is 5.75 Å². The van der Waals surface area contributed by atoms with Gasteiger partial charge in [0, 0.05) is 19.2 Å². The Morgan fingerprint density at radius 2 is 1.89 bits per heavy atom. The lowest BCUT2D eigenvalue weighted by Crippen LogP contribution is -2.37. The molecule has 2 amide bonds. The summed E-state index contributed by atoms with van der Waals surface area (Å²) < 4.78 is 28.8. The van der Waals surface area contributed by atoms with E-state index < -0.39 is 12.5 Å². The van der Waals surface area contributed by atoms with Gasteiger partial charge in [-0.15, -0.1) is 0 Å². The van der Waals surface area contributed by atoms with Crippen LogP contribution >= 0.6 is 0 Å². The van der Waals surface area contributed by atoms with Crippen LogP contribution in [0, 0.1) is 13.8 Å². The summed E-state index contributed by atoms with van der Waals surface area (Å²) in [7, 11) is 1.66. The predicted molar refractivity (Wildman–Crippen MR) is 97.8 cm³/mol. The lowest BCUT2D eigenvalue weighted by molar-refractivity contribution is -0.129. The first-order chi connectivity index (χ1) is 12.8. The van der Waals surface area contributed by atoms with E-state index in [0.717, 1.165) is 16.7 Å². The molecule has 0 fully saturated rings. The van der Waals surface area contributed by atoms with Crippen molar-refractivity contribution in [2.24, 2.45) is 0 Å². The minimum Gasteiger partial charge on any atom is -0.435 e. The molecule has 0 saturated heterocycles. The molecule has 0 aliphatic rings. The number of rotatable bonds is 7. The molecular formula is C20H22F2N2O3. The SMILES string of the molecule is Cc1ccc(CN(C)C(=O)CNC(=O)c2cccc(OC(F)F)c2)c(C)c1. The highest BCUT2D eigenvalue weighted by atomic mass is 19.3. The van der Waals surface area contributed by atoms with Crippen molar-refractivity contribution in [1.29, 1.82) is 0 Å². The number of hydrogen-bond acceptors (Lipinski definition) is 3. The van der Waals surface area contributed by atoms with Gasteiger partial charge in [0.1, 0.15) is 5.75 Å². The Kier molecular flexibility index (Phi) is 6.87. The lowest BCUT2D eigenvalue weighted by Gasteiger charge is -2.19. The third kappa shape index (κ3) is 6.06. The molecule has 5 nitrogen and oxygen atoms in total. The number of carbonyl (C=O) groups excluding carboxylic acids is 2. The number of benzene rings is 2. The summed E-state index contributed by atoms with van der Waals surface area (Å²) in [5, 5.41) is 2.50. The Balaban J connectivity index is 1.91. The van der Waals surface area contributed by atoms with Crippen molar-refractivity contribution in [3.8, 4) is 5.75 Å². The molecule has 0 aromatic heterocycles. The molecule has 0 spiro atoms. The van der Waals surface area contributed by atoms with Crippen LogP contribution in [0.4, 0.5) is 8.78 Å². The molecule has 0 unspecified atom stereocenters. The molecule has 0 bridgehead atoms. The fourth-order valence-corrected chi connectivity index (χ4v) is 2.57. The first kappa shape index (κ1) is 20.4. The first-order valence-corrected chi connectivity index (χ1v) is 8.39. The minimum absolute atomic E-state index is 0.115. The second-order valence-corrected chi connectivity index (χ2v) is 6.27.